The van der Waals surface area contributed by atoms with Crippen LogP contribution in [0, 0.1) is 0 Å². The van der Waals surface area contributed by atoms with E-state index in [4.69, 9.17) is 16.1 Å². The Morgan fingerprint density at radius 1 is 1.19 bits per heavy atom. The third-order valence-electron chi connectivity index (χ3n) is 4.06. The summed E-state index contributed by atoms with van der Waals surface area (Å²) in [5.74, 6) is 0.858. The van der Waals surface area contributed by atoms with Crippen molar-refractivity contribution < 1.29 is 9.32 Å². The molecule has 0 aliphatic heterocycles. The molecule has 0 saturated carbocycles. The van der Waals surface area contributed by atoms with E-state index in [9.17, 15) is 4.79 Å². The molecule has 0 bridgehead atoms. The number of likely N-dealkylation sites (N-methyl/N-ethyl adjacent to an activating group) is 1. The molecule has 0 saturated heterocycles. The predicted molar refractivity (Wildman–Crippen MR) is 106 cm³/mol. The summed E-state index contributed by atoms with van der Waals surface area (Å²) in [4.78, 5) is 18.5. The Morgan fingerprint density at radius 3 is 2.67 bits per heavy atom. The zero-order valence-corrected chi connectivity index (χ0v) is 16.0. The Morgan fingerprint density at radius 2 is 1.93 bits per heavy atom. The standard InChI is InChI=1S/C20H21ClN4O2/c1-3-14-6-4-5-7-17(14)22-18(26)12-25(2)13-19-23-20(24-27-19)15-8-10-16(21)11-9-15/h4-11H,3,12-13H2,1-2H3,(H,22,26). The minimum absolute atomic E-state index is 0.0872. The summed E-state index contributed by atoms with van der Waals surface area (Å²) in [5, 5.41) is 7.59. The predicted octanol–water partition coefficient (Wildman–Crippen LogP) is 4.02. The normalized spacial score (nSPS) is 11.0. The fourth-order valence-corrected chi connectivity index (χ4v) is 2.83. The van der Waals surface area contributed by atoms with Crippen LogP contribution >= 0.6 is 11.6 Å². The number of nitrogens with one attached hydrogen (secondary N) is 1. The number of aromatic nitrogens is 2. The highest BCUT2D eigenvalue weighted by molar-refractivity contribution is 6.30. The molecular weight excluding hydrogens is 364 g/mol. The van der Waals surface area contributed by atoms with Crippen LogP contribution in [0.15, 0.2) is 53.1 Å². The van der Waals surface area contributed by atoms with Gasteiger partial charge in [-0.2, -0.15) is 4.98 Å². The molecule has 0 aliphatic carbocycles. The Hall–Kier alpha value is -2.70. The molecule has 1 heterocycles. The van der Waals surface area contributed by atoms with Crippen molar-refractivity contribution in [2.75, 3.05) is 18.9 Å². The van der Waals surface area contributed by atoms with Gasteiger partial charge in [-0.3, -0.25) is 9.69 Å². The zero-order valence-electron chi connectivity index (χ0n) is 15.3. The van der Waals surface area contributed by atoms with E-state index in [0.29, 0.717) is 23.3 Å². The molecule has 6 nitrogen and oxygen atoms in total. The molecule has 0 unspecified atom stereocenters. The Labute approximate surface area is 163 Å². The van der Waals surface area contributed by atoms with E-state index in [1.165, 1.54) is 0 Å². The van der Waals surface area contributed by atoms with Gasteiger partial charge in [0, 0.05) is 16.3 Å². The second-order valence-corrected chi connectivity index (χ2v) is 6.69. The van der Waals surface area contributed by atoms with E-state index in [0.717, 1.165) is 23.2 Å². The summed E-state index contributed by atoms with van der Waals surface area (Å²) >= 11 is 5.89. The Balaban J connectivity index is 1.57. The molecular formula is C20H21ClN4O2. The van der Waals surface area contributed by atoms with Gasteiger partial charge in [-0.15, -0.1) is 0 Å². The fourth-order valence-electron chi connectivity index (χ4n) is 2.71. The third kappa shape index (κ3) is 5.15. The number of carbonyl (C=O) groups excluding carboxylic acids is 1. The van der Waals surface area contributed by atoms with Crippen molar-refractivity contribution in [3.05, 3.63) is 65.0 Å². The molecule has 0 aliphatic rings. The molecule has 140 valence electrons. The number of hydrogen-bond acceptors (Lipinski definition) is 5. The van der Waals surface area contributed by atoms with Gasteiger partial charge in [0.25, 0.3) is 0 Å². The third-order valence-corrected chi connectivity index (χ3v) is 4.31. The molecule has 0 radical (unpaired) electrons. The van der Waals surface area contributed by atoms with Gasteiger partial charge in [-0.25, -0.2) is 0 Å². The smallest absolute Gasteiger partial charge is 0.241 e. The van der Waals surface area contributed by atoms with Crippen LogP contribution in [0.5, 0.6) is 0 Å². The van der Waals surface area contributed by atoms with Crippen molar-refractivity contribution >= 4 is 23.2 Å². The highest BCUT2D eigenvalue weighted by Crippen LogP contribution is 2.19. The number of amides is 1. The van der Waals surface area contributed by atoms with Crippen molar-refractivity contribution in [1.29, 1.82) is 0 Å². The lowest BCUT2D eigenvalue weighted by molar-refractivity contribution is -0.117. The van der Waals surface area contributed by atoms with Gasteiger partial charge in [0.05, 0.1) is 13.1 Å². The lowest BCUT2D eigenvalue weighted by atomic mass is 10.1. The van der Waals surface area contributed by atoms with Crippen LogP contribution in [-0.4, -0.2) is 34.5 Å². The quantitative estimate of drug-likeness (QED) is 0.666. The maximum Gasteiger partial charge on any atom is 0.241 e. The van der Waals surface area contributed by atoms with E-state index >= 15 is 0 Å². The van der Waals surface area contributed by atoms with E-state index in [-0.39, 0.29) is 12.5 Å². The highest BCUT2D eigenvalue weighted by atomic mass is 35.5. The summed E-state index contributed by atoms with van der Waals surface area (Å²) in [6.07, 6.45) is 0.863. The maximum absolute atomic E-state index is 12.3. The van der Waals surface area contributed by atoms with Crippen LogP contribution in [0.25, 0.3) is 11.4 Å². The number of benzene rings is 2. The van der Waals surface area contributed by atoms with Crippen molar-refractivity contribution in [3.63, 3.8) is 0 Å². The summed E-state index contributed by atoms with van der Waals surface area (Å²) in [7, 11) is 1.83. The average Bonchev–Trinajstić information content (AvgIpc) is 3.10. The van der Waals surface area contributed by atoms with Crippen LogP contribution in [0.2, 0.25) is 5.02 Å². The van der Waals surface area contributed by atoms with E-state index in [1.807, 2.05) is 48.3 Å². The molecule has 7 heteroatoms. The number of hydrogen-bond donors (Lipinski definition) is 1. The molecule has 1 aromatic heterocycles. The van der Waals surface area contributed by atoms with Gasteiger partial charge >= 0.3 is 0 Å². The van der Waals surface area contributed by atoms with Gasteiger partial charge in [0.2, 0.25) is 17.6 Å². The number of carbonyl (C=O) groups is 1. The van der Waals surface area contributed by atoms with Gasteiger partial charge < -0.3 is 9.84 Å². The van der Waals surface area contributed by atoms with E-state index in [2.05, 4.69) is 22.4 Å². The molecule has 1 N–H and O–H groups in total. The van der Waals surface area contributed by atoms with E-state index < -0.39 is 0 Å². The molecule has 0 spiro atoms. The zero-order chi connectivity index (χ0) is 19.2. The fraction of sp³-hybridized carbons (Fsp3) is 0.250. The van der Waals surface area contributed by atoms with Crippen LogP contribution in [-0.2, 0) is 17.8 Å². The first-order chi connectivity index (χ1) is 13.0. The number of anilines is 1. The second-order valence-electron chi connectivity index (χ2n) is 6.25. The first-order valence-electron chi connectivity index (χ1n) is 8.70. The van der Waals surface area contributed by atoms with Crippen molar-refractivity contribution in [1.82, 2.24) is 15.0 Å². The maximum atomic E-state index is 12.3. The number of halogens is 1. The molecule has 27 heavy (non-hydrogen) atoms. The van der Waals surface area contributed by atoms with Gasteiger partial charge in [-0.1, -0.05) is 41.9 Å². The second kappa shape index (κ2) is 8.79. The van der Waals surface area contributed by atoms with Crippen molar-refractivity contribution in [2.45, 2.75) is 19.9 Å². The number of rotatable bonds is 7. The van der Waals surface area contributed by atoms with E-state index in [1.54, 1.807) is 12.1 Å². The highest BCUT2D eigenvalue weighted by Gasteiger charge is 2.14. The lowest BCUT2D eigenvalue weighted by Gasteiger charge is -2.15. The first-order valence-corrected chi connectivity index (χ1v) is 9.07. The molecule has 1 amide bonds. The van der Waals surface area contributed by atoms with Crippen LogP contribution in [0.4, 0.5) is 5.69 Å². The topological polar surface area (TPSA) is 71.3 Å². The Bertz CT molecular complexity index is 908. The lowest BCUT2D eigenvalue weighted by Crippen LogP contribution is -2.30. The SMILES string of the molecule is CCc1ccccc1NC(=O)CN(C)Cc1nc(-c2ccc(Cl)cc2)no1. The summed E-state index contributed by atoms with van der Waals surface area (Å²) in [6, 6.07) is 15.0. The van der Waals surface area contributed by atoms with Gasteiger partial charge in [0.15, 0.2) is 0 Å². The van der Waals surface area contributed by atoms with Gasteiger partial charge in [0.1, 0.15) is 0 Å². The van der Waals surface area contributed by atoms with Gasteiger partial charge in [-0.05, 0) is 49.4 Å². The number of para-hydroxylation sites is 1. The average molecular weight is 385 g/mol. The molecule has 0 atom stereocenters. The minimum Gasteiger partial charge on any atom is -0.338 e. The first kappa shape index (κ1) is 19.1. The van der Waals surface area contributed by atoms with Crippen LogP contribution in [0.1, 0.15) is 18.4 Å². The molecule has 0 fully saturated rings. The minimum atomic E-state index is -0.0872. The summed E-state index contributed by atoms with van der Waals surface area (Å²) in [5.41, 5.74) is 2.78. The van der Waals surface area contributed by atoms with Crippen molar-refractivity contribution in [2.24, 2.45) is 0 Å². The molecule has 3 aromatic rings. The largest absolute Gasteiger partial charge is 0.338 e. The van der Waals surface area contributed by atoms with Crippen molar-refractivity contribution in [3.8, 4) is 11.4 Å². The number of nitrogens with zero attached hydrogens (tertiary/aromatic N) is 3. The monoisotopic (exact) mass is 384 g/mol. The molecule has 2 aromatic carbocycles. The summed E-state index contributed by atoms with van der Waals surface area (Å²) in [6.45, 7) is 2.66. The van der Waals surface area contributed by atoms with Crippen LogP contribution in [0.3, 0.4) is 0 Å². The van der Waals surface area contributed by atoms with Crippen LogP contribution < -0.4 is 5.32 Å². The number of aryl methyl sites for hydroxylation is 1. The Kier molecular flexibility index (Phi) is 6.21. The molecule has 3 rings (SSSR count). The summed E-state index contributed by atoms with van der Waals surface area (Å²) < 4.78 is 5.29.